The van der Waals surface area contributed by atoms with Crippen LogP contribution in [0.15, 0.2) is 22.4 Å². The molecule has 0 saturated carbocycles. The summed E-state index contributed by atoms with van der Waals surface area (Å²) in [7, 11) is 1.70. The zero-order valence-electron chi connectivity index (χ0n) is 8.34. The van der Waals surface area contributed by atoms with E-state index >= 15 is 0 Å². The molecule has 0 spiro atoms. The van der Waals surface area contributed by atoms with Crippen LogP contribution < -0.4 is 5.43 Å². The Bertz CT molecular complexity index is 425. The van der Waals surface area contributed by atoms with Gasteiger partial charge >= 0.3 is 5.96 Å². The molecular formula is C8H10N5O2+. The smallest absolute Gasteiger partial charge is 0.270 e. The molecule has 15 heavy (non-hydrogen) atoms. The Morgan fingerprint density at radius 3 is 3.00 bits per heavy atom. The van der Waals surface area contributed by atoms with E-state index < -0.39 is 0 Å². The van der Waals surface area contributed by atoms with Gasteiger partial charge in [0.15, 0.2) is 12.5 Å². The molecule has 1 unspecified atom stereocenters. The molecule has 2 aliphatic rings. The minimum absolute atomic E-state index is 0.255. The van der Waals surface area contributed by atoms with Crippen LogP contribution in [0.1, 0.15) is 6.92 Å². The molecule has 2 rings (SSSR count). The highest BCUT2D eigenvalue weighted by atomic mass is 16.2. The summed E-state index contributed by atoms with van der Waals surface area (Å²) in [5, 5.41) is 4.08. The fraction of sp³-hybridized carbons (Fsp3) is 0.250. The van der Waals surface area contributed by atoms with Crippen molar-refractivity contribution in [1.29, 1.82) is 0 Å². The number of rotatable bonds is 1. The number of amides is 2. The van der Waals surface area contributed by atoms with Gasteiger partial charge in [-0.25, -0.2) is 0 Å². The number of carbonyl (C=O) groups excluding carboxylic acids is 2. The lowest BCUT2D eigenvalue weighted by atomic mass is 10.5. The monoisotopic (exact) mass is 208 g/mol. The first-order chi connectivity index (χ1) is 7.03. The average Bonchev–Trinajstić information content (AvgIpc) is 2.45. The highest BCUT2D eigenvalue weighted by molar-refractivity contribution is 6.02. The third kappa shape index (κ3) is 1.42. The molecule has 78 valence electrons. The van der Waals surface area contributed by atoms with Crippen LogP contribution in [0.4, 0.5) is 0 Å². The summed E-state index contributed by atoms with van der Waals surface area (Å²) in [5.41, 5.74) is 2.60. The van der Waals surface area contributed by atoms with E-state index in [1.165, 1.54) is 25.5 Å². The van der Waals surface area contributed by atoms with Crippen LogP contribution in [0, 0.1) is 0 Å². The van der Waals surface area contributed by atoms with Crippen molar-refractivity contribution in [3.8, 4) is 0 Å². The third-order valence-electron chi connectivity index (χ3n) is 2.00. The van der Waals surface area contributed by atoms with Crippen LogP contribution in [0.3, 0.4) is 0 Å². The molecule has 2 heterocycles. The van der Waals surface area contributed by atoms with Crippen molar-refractivity contribution in [2.24, 2.45) is 10.1 Å². The number of carbonyl (C=O) groups is 2. The van der Waals surface area contributed by atoms with E-state index in [-0.39, 0.29) is 16.5 Å². The van der Waals surface area contributed by atoms with Crippen molar-refractivity contribution in [2.45, 2.75) is 6.92 Å². The Balaban J connectivity index is 2.42. The normalized spacial score (nSPS) is 27.7. The number of nitrogens with one attached hydrogen (secondary N) is 1. The first-order valence-corrected chi connectivity index (χ1v) is 4.32. The van der Waals surface area contributed by atoms with Gasteiger partial charge in [-0.3, -0.25) is 14.5 Å². The number of quaternary nitrogens is 1. The molecule has 0 radical (unpaired) electrons. The number of fused-ring (bicyclic) bond motifs is 1. The maximum absolute atomic E-state index is 11.1. The molecular weight excluding hydrogens is 198 g/mol. The number of hydrogen-bond donors (Lipinski definition) is 1. The van der Waals surface area contributed by atoms with E-state index in [1.807, 2.05) is 0 Å². The average molecular weight is 208 g/mol. The second-order valence-corrected chi connectivity index (χ2v) is 3.26. The predicted octanol–water partition coefficient (Wildman–Crippen LogP) is -0.847. The van der Waals surface area contributed by atoms with Crippen molar-refractivity contribution < 1.29 is 14.3 Å². The second kappa shape index (κ2) is 2.99. The van der Waals surface area contributed by atoms with Gasteiger partial charge in [0, 0.05) is 14.0 Å². The Morgan fingerprint density at radius 1 is 1.60 bits per heavy atom. The molecule has 7 heteroatoms. The van der Waals surface area contributed by atoms with Crippen LogP contribution in [0.5, 0.6) is 0 Å². The van der Waals surface area contributed by atoms with Gasteiger partial charge in [-0.15, -0.1) is 4.99 Å². The van der Waals surface area contributed by atoms with Crippen LogP contribution >= 0.6 is 0 Å². The highest BCUT2D eigenvalue weighted by Gasteiger charge is 2.45. The quantitative estimate of drug-likeness (QED) is 0.570. The van der Waals surface area contributed by atoms with E-state index in [2.05, 4.69) is 15.5 Å². The Hall–Kier alpha value is -2.02. The summed E-state index contributed by atoms with van der Waals surface area (Å²) in [6.45, 7) is 1.38. The Labute approximate surface area is 85.9 Å². The van der Waals surface area contributed by atoms with Crippen LogP contribution in [0.25, 0.3) is 0 Å². The maximum Gasteiger partial charge on any atom is 0.371 e. The van der Waals surface area contributed by atoms with Gasteiger partial charge in [0.2, 0.25) is 0 Å². The molecule has 2 amide bonds. The molecule has 1 atom stereocenters. The summed E-state index contributed by atoms with van der Waals surface area (Å²) >= 11 is 0. The minimum Gasteiger partial charge on any atom is -0.270 e. The van der Waals surface area contributed by atoms with Gasteiger partial charge in [0.25, 0.3) is 11.8 Å². The van der Waals surface area contributed by atoms with E-state index in [1.54, 1.807) is 11.9 Å². The Morgan fingerprint density at radius 2 is 2.33 bits per heavy atom. The first-order valence-electron chi connectivity index (χ1n) is 4.32. The van der Waals surface area contributed by atoms with Crippen LogP contribution in [0.2, 0.25) is 0 Å². The van der Waals surface area contributed by atoms with E-state index in [4.69, 9.17) is 0 Å². The zero-order valence-corrected chi connectivity index (χ0v) is 8.34. The van der Waals surface area contributed by atoms with E-state index in [0.717, 1.165) is 0 Å². The third-order valence-corrected chi connectivity index (χ3v) is 2.00. The molecule has 0 aromatic heterocycles. The summed E-state index contributed by atoms with van der Waals surface area (Å²) in [6.07, 6.45) is 4.25. The minimum atomic E-state index is -0.360. The molecule has 0 aromatic carbocycles. The van der Waals surface area contributed by atoms with Gasteiger partial charge in [-0.05, 0) is 9.80 Å². The topological polar surface area (TPSA) is 74.1 Å². The number of guanidine groups is 1. The van der Waals surface area contributed by atoms with Crippen molar-refractivity contribution in [3.63, 3.8) is 0 Å². The summed E-state index contributed by atoms with van der Waals surface area (Å²) in [6, 6.07) is 0. The lowest BCUT2D eigenvalue weighted by Gasteiger charge is -2.24. The second-order valence-electron chi connectivity index (χ2n) is 3.26. The standard InChI is InChI=1S/C8H9N5O2/c1-6(14)11-13-4-3-7(15)10-8(13)12(2)5-9-13/h3-5H,1-2H3/p+1. The SMILES string of the molecule is CC(=O)N[N+]12C=CC(=O)N=C1N(C)C=N2. The molecule has 7 nitrogen and oxygen atoms in total. The van der Waals surface area contributed by atoms with Crippen molar-refractivity contribution in [1.82, 2.24) is 10.3 Å². The summed E-state index contributed by atoms with van der Waals surface area (Å²) in [5.74, 6) is -0.256. The van der Waals surface area contributed by atoms with Gasteiger partial charge in [0.05, 0.1) is 6.08 Å². The van der Waals surface area contributed by atoms with Crippen LogP contribution in [-0.4, -0.2) is 40.8 Å². The van der Waals surface area contributed by atoms with E-state index in [9.17, 15) is 9.59 Å². The largest absolute Gasteiger partial charge is 0.371 e. The van der Waals surface area contributed by atoms with Crippen LogP contribution in [-0.2, 0) is 9.59 Å². The lowest BCUT2D eigenvalue weighted by Crippen LogP contribution is -2.57. The summed E-state index contributed by atoms with van der Waals surface area (Å²) < 4.78 is -0.280. The number of nitrogens with zero attached hydrogens (tertiary/aromatic N) is 4. The maximum atomic E-state index is 11.1. The predicted molar refractivity (Wildman–Crippen MR) is 51.9 cm³/mol. The highest BCUT2D eigenvalue weighted by Crippen LogP contribution is 2.18. The zero-order chi connectivity index (χ0) is 11.1. The van der Waals surface area contributed by atoms with Gasteiger partial charge in [0.1, 0.15) is 0 Å². The first kappa shape index (κ1) is 9.53. The van der Waals surface area contributed by atoms with E-state index in [0.29, 0.717) is 5.96 Å². The number of hydrogen-bond acceptors (Lipinski definition) is 4. The fourth-order valence-electron chi connectivity index (χ4n) is 1.43. The molecule has 2 aliphatic heterocycles. The molecule has 0 fully saturated rings. The van der Waals surface area contributed by atoms with Gasteiger partial charge in [-0.1, -0.05) is 0 Å². The Kier molecular flexibility index (Phi) is 1.90. The number of aliphatic imine (C=N–C) groups is 1. The molecule has 0 aliphatic carbocycles. The fourth-order valence-corrected chi connectivity index (χ4v) is 1.43. The van der Waals surface area contributed by atoms with Crippen molar-refractivity contribution >= 4 is 24.1 Å². The summed E-state index contributed by atoms with van der Waals surface area (Å²) in [4.78, 5) is 27.5. The molecule has 0 bridgehead atoms. The van der Waals surface area contributed by atoms with Crippen molar-refractivity contribution in [3.05, 3.63) is 12.3 Å². The van der Waals surface area contributed by atoms with Crippen molar-refractivity contribution in [2.75, 3.05) is 7.05 Å². The molecule has 0 aromatic rings. The molecule has 1 N–H and O–H groups in total. The molecule has 0 saturated heterocycles. The van der Waals surface area contributed by atoms with Gasteiger partial charge < -0.3 is 0 Å². The lowest BCUT2D eigenvalue weighted by molar-refractivity contribution is -0.833. The van der Waals surface area contributed by atoms with Gasteiger partial charge in [-0.2, -0.15) is 5.43 Å².